The van der Waals surface area contributed by atoms with E-state index in [9.17, 15) is 21.6 Å². The predicted octanol–water partition coefficient (Wildman–Crippen LogP) is 3.24. The van der Waals surface area contributed by atoms with Crippen LogP contribution in [0.2, 0.25) is 0 Å². The van der Waals surface area contributed by atoms with Gasteiger partial charge in [0.05, 0.1) is 4.90 Å². The SMILES string of the molecule is Cc1ccc(S(=O)(=O)N(NC2=NS(=O)(=O)c3ccccc32)C(=O)c2cccc(Br)c2)cc1. The molecule has 0 aliphatic carbocycles. The fraction of sp³-hybridized carbons (Fsp3) is 0.0476. The van der Waals surface area contributed by atoms with E-state index in [1.807, 2.05) is 0 Å². The molecule has 3 aromatic carbocycles. The number of aryl methyl sites for hydroxylation is 1. The van der Waals surface area contributed by atoms with Gasteiger partial charge in [-0.1, -0.05) is 51.8 Å². The second kappa shape index (κ2) is 8.15. The maximum Gasteiger partial charge on any atom is 0.286 e. The molecule has 1 aliphatic heterocycles. The number of fused-ring (bicyclic) bond motifs is 1. The molecule has 8 nitrogen and oxygen atoms in total. The van der Waals surface area contributed by atoms with E-state index in [-0.39, 0.29) is 26.8 Å². The first-order valence-corrected chi connectivity index (χ1v) is 12.9. The summed E-state index contributed by atoms with van der Waals surface area (Å²) < 4.78 is 56.3. The van der Waals surface area contributed by atoms with Crippen LogP contribution in [0.3, 0.4) is 0 Å². The number of carbonyl (C=O) groups is 1. The third-order valence-corrected chi connectivity index (χ3v) is 8.09. The molecule has 32 heavy (non-hydrogen) atoms. The number of amidine groups is 1. The summed E-state index contributed by atoms with van der Waals surface area (Å²) in [5.74, 6) is -1.17. The number of halogens is 1. The lowest BCUT2D eigenvalue weighted by molar-refractivity contribution is 0.0838. The first kappa shape index (κ1) is 22.2. The normalized spacial score (nSPS) is 14.4. The first-order chi connectivity index (χ1) is 15.1. The molecule has 1 heterocycles. The van der Waals surface area contributed by atoms with E-state index in [2.05, 4.69) is 25.8 Å². The third kappa shape index (κ3) is 4.06. The van der Waals surface area contributed by atoms with Gasteiger partial charge in [-0.05, 0) is 49.4 Å². The topological polar surface area (TPSA) is 113 Å². The Morgan fingerprint density at radius 2 is 1.69 bits per heavy atom. The van der Waals surface area contributed by atoms with Crippen molar-refractivity contribution in [1.29, 1.82) is 0 Å². The standard InChI is InChI=1S/C21H16BrN3O5S2/c1-14-9-11-17(12-10-14)32(29,30)25(21(26)15-5-4-6-16(22)13-15)23-20-18-7-2-3-8-19(18)31(27,28)24-20/h2-13H,1H3,(H,23,24). The molecule has 0 radical (unpaired) electrons. The van der Waals surface area contributed by atoms with E-state index < -0.39 is 26.0 Å². The number of rotatable bonds is 3. The molecule has 1 N–H and O–H groups in total. The van der Waals surface area contributed by atoms with Crippen LogP contribution in [0.5, 0.6) is 0 Å². The van der Waals surface area contributed by atoms with Gasteiger partial charge in [-0.3, -0.25) is 10.2 Å². The molecule has 0 fully saturated rings. The van der Waals surface area contributed by atoms with Crippen LogP contribution in [0.4, 0.5) is 0 Å². The highest BCUT2D eigenvalue weighted by atomic mass is 79.9. The Morgan fingerprint density at radius 1 is 1.00 bits per heavy atom. The van der Waals surface area contributed by atoms with Crippen LogP contribution in [0.1, 0.15) is 21.5 Å². The predicted molar refractivity (Wildman–Crippen MR) is 122 cm³/mol. The van der Waals surface area contributed by atoms with Crippen LogP contribution in [-0.2, 0) is 20.0 Å². The van der Waals surface area contributed by atoms with E-state index in [0.717, 1.165) is 5.56 Å². The van der Waals surface area contributed by atoms with E-state index in [0.29, 0.717) is 8.89 Å². The van der Waals surface area contributed by atoms with Gasteiger partial charge >= 0.3 is 0 Å². The van der Waals surface area contributed by atoms with Crippen molar-refractivity contribution in [3.8, 4) is 0 Å². The van der Waals surface area contributed by atoms with Crippen molar-refractivity contribution in [2.24, 2.45) is 4.40 Å². The van der Waals surface area contributed by atoms with Crippen molar-refractivity contribution in [1.82, 2.24) is 9.84 Å². The zero-order valence-corrected chi connectivity index (χ0v) is 19.8. The number of carbonyl (C=O) groups excluding carboxylic acids is 1. The summed E-state index contributed by atoms with van der Waals surface area (Å²) >= 11 is 3.26. The van der Waals surface area contributed by atoms with Crippen molar-refractivity contribution in [2.45, 2.75) is 16.7 Å². The van der Waals surface area contributed by atoms with Crippen LogP contribution < -0.4 is 5.43 Å². The van der Waals surface area contributed by atoms with Crippen LogP contribution in [0.15, 0.2) is 91.5 Å². The lowest BCUT2D eigenvalue weighted by Gasteiger charge is -2.24. The second-order valence-corrected chi connectivity index (χ2v) is 11.2. The highest BCUT2D eigenvalue weighted by Gasteiger charge is 2.36. The summed E-state index contributed by atoms with van der Waals surface area (Å²) in [6.45, 7) is 1.80. The van der Waals surface area contributed by atoms with E-state index in [4.69, 9.17) is 0 Å². The molecule has 4 rings (SSSR count). The number of hydrogen-bond acceptors (Lipinski definition) is 6. The number of benzene rings is 3. The molecule has 0 aromatic heterocycles. The van der Waals surface area contributed by atoms with Gasteiger partial charge < -0.3 is 0 Å². The molecule has 0 saturated heterocycles. The second-order valence-electron chi connectivity index (χ2n) is 6.92. The van der Waals surface area contributed by atoms with Crippen molar-refractivity contribution in [2.75, 3.05) is 0 Å². The lowest BCUT2D eigenvalue weighted by atomic mass is 10.2. The van der Waals surface area contributed by atoms with Gasteiger partial charge in [-0.2, -0.15) is 16.8 Å². The minimum absolute atomic E-state index is 0.0669. The van der Waals surface area contributed by atoms with Gasteiger partial charge in [-0.25, -0.2) is 0 Å². The number of nitrogens with zero attached hydrogens (tertiary/aromatic N) is 2. The Balaban J connectivity index is 1.84. The molecule has 1 amide bonds. The molecule has 1 aliphatic rings. The van der Waals surface area contributed by atoms with Crippen molar-refractivity contribution in [3.63, 3.8) is 0 Å². The quantitative estimate of drug-likeness (QED) is 0.517. The number of nitrogens with one attached hydrogen (secondary N) is 1. The van der Waals surface area contributed by atoms with Gasteiger partial charge in [0, 0.05) is 15.6 Å². The monoisotopic (exact) mass is 533 g/mol. The number of hydrazine groups is 1. The van der Waals surface area contributed by atoms with Gasteiger partial charge in [0.25, 0.3) is 26.0 Å². The summed E-state index contributed by atoms with van der Waals surface area (Å²) in [6, 6.07) is 18.1. The summed E-state index contributed by atoms with van der Waals surface area (Å²) in [5, 5.41) is 0. The van der Waals surface area contributed by atoms with Gasteiger partial charge in [-0.15, -0.1) is 8.81 Å². The molecule has 11 heteroatoms. The van der Waals surface area contributed by atoms with E-state index in [1.165, 1.54) is 42.5 Å². The summed E-state index contributed by atoms with van der Waals surface area (Å²) in [6.07, 6.45) is 0. The largest absolute Gasteiger partial charge is 0.286 e. The highest BCUT2D eigenvalue weighted by Crippen LogP contribution is 2.26. The molecule has 3 aromatic rings. The maximum atomic E-state index is 13.4. The van der Waals surface area contributed by atoms with Gasteiger partial charge in [0.15, 0.2) is 5.84 Å². The number of amides is 1. The summed E-state index contributed by atoms with van der Waals surface area (Å²) in [4.78, 5) is 13.1. The Bertz CT molecular complexity index is 1470. The van der Waals surface area contributed by atoms with E-state index >= 15 is 0 Å². The Kier molecular flexibility index (Phi) is 5.65. The average molecular weight is 534 g/mol. The Hall–Kier alpha value is -3.02. The molecule has 0 spiro atoms. The smallest absolute Gasteiger partial charge is 0.266 e. The fourth-order valence-electron chi connectivity index (χ4n) is 3.06. The average Bonchev–Trinajstić information content (AvgIpc) is 3.02. The van der Waals surface area contributed by atoms with Crippen LogP contribution in [-0.4, -0.2) is 33.0 Å². The number of sulfonamides is 2. The van der Waals surface area contributed by atoms with Crippen LogP contribution >= 0.6 is 15.9 Å². The van der Waals surface area contributed by atoms with Crippen molar-refractivity contribution >= 4 is 47.7 Å². The van der Waals surface area contributed by atoms with Crippen LogP contribution in [0, 0.1) is 6.92 Å². The Labute approximate surface area is 193 Å². The lowest BCUT2D eigenvalue weighted by Crippen LogP contribution is -2.49. The molecule has 0 bridgehead atoms. The minimum atomic E-state index is -4.42. The number of hydrogen-bond donors (Lipinski definition) is 1. The zero-order chi connectivity index (χ0) is 23.1. The third-order valence-electron chi connectivity index (χ3n) is 4.65. The molecular weight excluding hydrogens is 518 g/mol. The van der Waals surface area contributed by atoms with Gasteiger partial charge in [0.2, 0.25) is 0 Å². The fourth-order valence-corrected chi connectivity index (χ4v) is 5.85. The van der Waals surface area contributed by atoms with Gasteiger partial charge in [0.1, 0.15) is 4.90 Å². The molecule has 0 unspecified atom stereocenters. The highest BCUT2D eigenvalue weighted by molar-refractivity contribution is 9.10. The van der Waals surface area contributed by atoms with Crippen LogP contribution in [0.25, 0.3) is 0 Å². The molecule has 0 saturated carbocycles. The first-order valence-electron chi connectivity index (χ1n) is 9.22. The molecular formula is C21H16BrN3O5S2. The summed E-state index contributed by atoms with van der Waals surface area (Å²) in [5.41, 5.74) is 3.52. The Morgan fingerprint density at radius 3 is 2.38 bits per heavy atom. The molecule has 164 valence electrons. The zero-order valence-electron chi connectivity index (χ0n) is 16.6. The minimum Gasteiger partial charge on any atom is -0.266 e. The van der Waals surface area contributed by atoms with Crippen molar-refractivity contribution < 1.29 is 21.6 Å². The van der Waals surface area contributed by atoms with Crippen molar-refractivity contribution in [3.05, 3.63) is 94.0 Å². The maximum absolute atomic E-state index is 13.4. The summed E-state index contributed by atoms with van der Waals surface area (Å²) in [7, 11) is -8.45. The molecule has 0 atom stereocenters. The van der Waals surface area contributed by atoms with E-state index in [1.54, 1.807) is 37.3 Å².